The van der Waals surface area contributed by atoms with Gasteiger partial charge in [-0.1, -0.05) is 11.6 Å². The summed E-state index contributed by atoms with van der Waals surface area (Å²) in [4.78, 5) is 2.96. The van der Waals surface area contributed by atoms with Crippen molar-refractivity contribution in [1.82, 2.24) is 4.98 Å². The number of anilines is 1. The second-order valence-corrected chi connectivity index (χ2v) is 7.08. The third-order valence-electron chi connectivity index (χ3n) is 2.42. The molecule has 0 saturated carbocycles. The van der Waals surface area contributed by atoms with Crippen molar-refractivity contribution in [3.8, 4) is 0 Å². The number of hydrogen-bond donors (Lipinski definition) is 3. The molecule has 0 unspecified atom stereocenters. The molecule has 1 heterocycles. The summed E-state index contributed by atoms with van der Waals surface area (Å²) in [5.41, 5.74) is 6.58. The largest absolute Gasteiger partial charge is 0.363 e. The summed E-state index contributed by atoms with van der Waals surface area (Å²) in [7, 11) is -3.62. The quantitative estimate of drug-likeness (QED) is 0.676. The maximum Gasteiger partial charge on any atom is 0.263 e. The lowest BCUT2D eigenvalue weighted by Gasteiger charge is -2.08. The van der Waals surface area contributed by atoms with Gasteiger partial charge >= 0.3 is 0 Å². The summed E-state index contributed by atoms with van der Waals surface area (Å²) in [6.07, 6.45) is 1.41. The van der Waals surface area contributed by atoms with Crippen LogP contribution in [0.15, 0.2) is 35.4 Å². The number of rotatable bonds is 4. The first kappa shape index (κ1) is 14.6. The van der Waals surface area contributed by atoms with E-state index in [1.807, 2.05) is 22.6 Å². The lowest BCUT2D eigenvalue weighted by atomic mass is 10.3. The molecule has 0 atom stereocenters. The van der Waals surface area contributed by atoms with Crippen LogP contribution in [0.5, 0.6) is 0 Å². The Kier molecular flexibility index (Phi) is 4.39. The summed E-state index contributed by atoms with van der Waals surface area (Å²) in [5.74, 6) is 0. The maximum atomic E-state index is 12.2. The van der Waals surface area contributed by atoms with E-state index in [9.17, 15) is 8.42 Å². The van der Waals surface area contributed by atoms with Crippen molar-refractivity contribution < 1.29 is 8.42 Å². The highest BCUT2D eigenvalue weighted by Gasteiger charge is 2.17. The topological polar surface area (TPSA) is 88.0 Å². The summed E-state index contributed by atoms with van der Waals surface area (Å²) in [5, 5.41) is 0.555. The zero-order valence-electron chi connectivity index (χ0n) is 9.65. The van der Waals surface area contributed by atoms with Crippen LogP contribution in [0.2, 0.25) is 5.02 Å². The number of H-pyrrole nitrogens is 1. The lowest BCUT2D eigenvalue weighted by Crippen LogP contribution is -2.13. The fraction of sp³-hybridized carbons (Fsp3) is 0.0909. The molecule has 4 N–H and O–H groups in total. The van der Waals surface area contributed by atoms with Crippen LogP contribution in [0, 0.1) is 3.57 Å². The van der Waals surface area contributed by atoms with Crippen LogP contribution in [0.25, 0.3) is 0 Å². The molecule has 2 rings (SSSR count). The van der Waals surface area contributed by atoms with Gasteiger partial charge < -0.3 is 10.7 Å². The first-order valence-corrected chi connectivity index (χ1v) is 8.21. The number of hydrogen-bond acceptors (Lipinski definition) is 3. The smallest absolute Gasteiger partial charge is 0.263 e. The Balaban J connectivity index is 2.30. The van der Waals surface area contributed by atoms with Gasteiger partial charge in [-0.05, 0) is 46.9 Å². The predicted molar refractivity (Wildman–Crippen MR) is 83.7 cm³/mol. The van der Waals surface area contributed by atoms with E-state index >= 15 is 0 Å². The van der Waals surface area contributed by atoms with Gasteiger partial charge in [-0.15, -0.1) is 0 Å². The zero-order valence-corrected chi connectivity index (χ0v) is 13.4. The van der Waals surface area contributed by atoms with Crippen molar-refractivity contribution in [2.75, 3.05) is 4.72 Å². The number of aromatic nitrogens is 1. The zero-order chi connectivity index (χ0) is 14.0. The number of aromatic amines is 1. The van der Waals surface area contributed by atoms with Crippen LogP contribution in [0.1, 0.15) is 5.69 Å². The first-order valence-electron chi connectivity index (χ1n) is 5.27. The average molecular weight is 412 g/mol. The van der Waals surface area contributed by atoms with E-state index in [1.54, 1.807) is 18.2 Å². The van der Waals surface area contributed by atoms with Gasteiger partial charge in [0.05, 0.1) is 5.69 Å². The van der Waals surface area contributed by atoms with Crippen molar-refractivity contribution in [3.05, 3.63) is 44.7 Å². The Morgan fingerprint density at radius 1 is 1.37 bits per heavy atom. The normalized spacial score (nSPS) is 11.5. The van der Waals surface area contributed by atoms with Crippen molar-refractivity contribution in [2.45, 2.75) is 11.4 Å². The van der Waals surface area contributed by atoms with Crippen molar-refractivity contribution >= 4 is 49.9 Å². The molecule has 102 valence electrons. The Labute approximate surface area is 129 Å². The predicted octanol–water partition coefficient (Wildman–Crippen LogP) is 2.53. The SMILES string of the molecule is NCc1cc(S(=O)(=O)Nc2ccc(Cl)cc2I)c[nH]1. The van der Waals surface area contributed by atoms with E-state index in [4.69, 9.17) is 17.3 Å². The van der Waals surface area contributed by atoms with Gasteiger partial charge in [-0.25, -0.2) is 8.42 Å². The van der Waals surface area contributed by atoms with E-state index < -0.39 is 10.0 Å². The summed E-state index contributed by atoms with van der Waals surface area (Å²) < 4.78 is 27.6. The molecule has 19 heavy (non-hydrogen) atoms. The highest BCUT2D eigenvalue weighted by Crippen LogP contribution is 2.25. The molecular weight excluding hydrogens is 401 g/mol. The van der Waals surface area contributed by atoms with E-state index in [-0.39, 0.29) is 11.4 Å². The molecule has 0 aliphatic heterocycles. The molecule has 5 nitrogen and oxygen atoms in total. The second-order valence-electron chi connectivity index (χ2n) is 3.79. The monoisotopic (exact) mass is 411 g/mol. The third-order valence-corrected chi connectivity index (χ3v) is 4.89. The van der Waals surface area contributed by atoms with Crippen molar-refractivity contribution in [2.24, 2.45) is 5.73 Å². The molecule has 0 radical (unpaired) electrons. The van der Waals surface area contributed by atoms with E-state index in [0.29, 0.717) is 16.4 Å². The minimum absolute atomic E-state index is 0.152. The second kappa shape index (κ2) is 5.70. The molecular formula is C11H11ClIN3O2S. The Morgan fingerprint density at radius 3 is 2.68 bits per heavy atom. The third kappa shape index (κ3) is 3.41. The molecule has 2 aromatic rings. The van der Waals surface area contributed by atoms with Gasteiger partial charge in [0.1, 0.15) is 4.90 Å². The maximum absolute atomic E-state index is 12.2. The van der Waals surface area contributed by atoms with Gasteiger partial charge in [0.25, 0.3) is 10.0 Å². The number of halogens is 2. The molecule has 8 heteroatoms. The Morgan fingerprint density at radius 2 is 2.11 bits per heavy atom. The minimum atomic E-state index is -3.62. The van der Waals surface area contributed by atoms with Crippen molar-refractivity contribution in [1.29, 1.82) is 0 Å². The van der Waals surface area contributed by atoms with E-state index in [1.165, 1.54) is 12.3 Å². The summed E-state index contributed by atoms with van der Waals surface area (Å²) >= 11 is 7.85. The van der Waals surface area contributed by atoms with Crippen LogP contribution in [0.4, 0.5) is 5.69 Å². The molecule has 0 bridgehead atoms. The van der Waals surface area contributed by atoms with Crippen LogP contribution in [0.3, 0.4) is 0 Å². The highest BCUT2D eigenvalue weighted by molar-refractivity contribution is 14.1. The fourth-order valence-corrected chi connectivity index (χ4v) is 3.75. The average Bonchev–Trinajstić information content (AvgIpc) is 2.82. The molecule has 1 aromatic carbocycles. The molecule has 0 fully saturated rings. The Bertz CT molecular complexity index is 700. The first-order chi connectivity index (χ1) is 8.92. The number of sulfonamides is 1. The minimum Gasteiger partial charge on any atom is -0.363 e. The Hall–Kier alpha value is -0.770. The van der Waals surface area contributed by atoms with Gasteiger partial charge in [0, 0.05) is 27.0 Å². The number of nitrogens with two attached hydrogens (primary N) is 1. The molecule has 0 saturated heterocycles. The molecule has 0 spiro atoms. The van der Waals surface area contributed by atoms with E-state index in [0.717, 1.165) is 3.57 Å². The summed E-state index contributed by atoms with van der Waals surface area (Å²) in [6.45, 7) is 0.258. The highest BCUT2D eigenvalue weighted by atomic mass is 127. The number of nitrogens with one attached hydrogen (secondary N) is 2. The van der Waals surface area contributed by atoms with Gasteiger partial charge in [0.15, 0.2) is 0 Å². The molecule has 0 amide bonds. The van der Waals surface area contributed by atoms with E-state index in [2.05, 4.69) is 9.71 Å². The van der Waals surface area contributed by atoms with Crippen molar-refractivity contribution in [3.63, 3.8) is 0 Å². The standard InChI is InChI=1S/C11H11ClIN3O2S/c12-7-1-2-11(10(13)3-7)16-19(17,18)9-4-8(5-14)15-6-9/h1-4,6,15-16H,5,14H2. The number of benzene rings is 1. The molecule has 0 aliphatic rings. The van der Waals surface area contributed by atoms with Gasteiger partial charge in [0.2, 0.25) is 0 Å². The van der Waals surface area contributed by atoms with Crippen LogP contribution < -0.4 is 10.5 Å². The molecule has 0 aliphatic carbocycles. The fourth-order valence-electron chi connectivity index (χ4n) is 1.47. The lowest BCUT2D eigenvalue weighted by molar-refractivity contribution is 0.601. The summed E-state index contributed by atoms with van der Waals surface area (Å²) in [6, 6.07) is 6.44. The van der Waals surface area contributed by atoms with Gasteiger partial charge in [-0.3, -0.25) is 4.72 Å². The van der Waals surface area contributed by atoms with Gasteiger partial charge in [-0.2, -0.15) is 0 Å². The van der Waals surface area contributed by atoms with Crippen LogP contribution in [-0.2, 0) is 16.6 Å². The van der Waals surface area contributed by atoms with Crippen LogP contribution in [-0.4, -0.2) is 13.4 Å². The molecule has 1 aromatic heterocycles. The van der Waals surface area contributed by atoms with Crippen LogP contribution >= 0.6 is 34.2 Å².